The first-order valence-corrected chi connectivity index (χ1v) is 11.7. The highest BCUT2D eigenvalue weighted by molar-refractivity contribution is 6.32. The lowest BCUT2D eigenvalue weighted by atomic mass is 9.75. The van der Waals surface area contributed by atoms with Crippen LogP contribution in [0.3, 0.4) is 0 Å². The number of nitrogens with zero attached hydrogens (tertiary/aromatic N) is 3. The summed E-state index contributed by atoms with van der Waals surface area (Å²) in [5, 5.41) is 14.9. The van der Waals surface area contributed by atoms with Crippen LogP contribution < -0.4 is 15.0 Å². The van der Waals surface area contributed by atoms with Gasteiger partial charge in [-0.15, -0.1) is 0 Å². The van der Waals surface area contributed by atoms with E-state index in [9.17, 15) is 24.5 Å². The highest BCUT2D eigenvalue weighted by Gasteiger charge is 2.75. The van der Waals surface area contributed by atoms with E-state index in [1.807, 2.05) is 4.90 Å². The van der Waals surface area contributed by atoms with Gasteiger partial charge >= 0.3 is 0 Å². The zero-order valence-electron chi connectivity index (χ0n) is 18.9. The van der Waals surface area contributed by atoms with Crippen molar-refractivity contribution < 1.29 is 24.0 Å². The Morgan fingerprint density at radius 3 is 2.69 bits per heavy atom. The Labute approximate surface area is 204 Å². The van der Waals surface area contributed by atoms with Crippen LogP contribution in [0.4, 0.5) is 17.1 Å². The van der Waals surface area contributed by atoms with Crippen molar-refractivity contribution in [2.45, 2.75) is 31.3 Å². The van der Waals surface area contributed by atoms with Gasteiger partial charge in [0.05, 0.1) is 29.6 Å². The van der Waals surface area contributed by atoms with Crippen molar-refractivity contribution in [3.05, 3.63) is 56.6 Å². The third-order valence-electron chi connectivity index (χ3n) is 7.98. The lowest BCUT2D eigenvalue weighted by molar-refractivity contribution is -0.384. The molecule has 0 saturated carbocycles. The number of carbonyl (C=O) groups is 3. The second-order valence-corrected chi connectivity index (χ2v) is 9.75. The largest absolute Gasteiger partial charge is 0.495 e. The average molecular weight is 497 g/mol. The van der Waals surface area contributed by atoms with E-state index in [0.717, 1.165) is 11.3 Å². The zero-order valence-corrected chi connectivity index (χ0v) is 19.7. The van der Waals surface area contributed by atoms with Crippen molar-refractivity contribution in [3.8, 4) is 5.75 Å². The SMILES string of the molecule is COc1ccc([N+](=O)[O-])cc1N1C(=O)[C@@H]2[C@@H]3CCCN3[C@]3(C(=O)Nc4c3ccc(Cl)c4C)[C@H]2C1=O. The van der Waals surface area contributed by atoms with Crippen LogP contribution in [0, 0.1) is 28.9 Å². The Morgan fingerprint density at radius 1 is 1.20 bits per heavy atom. The van der Waals surface area contributed by atoms with Crippen LogP contribution in [0.1, 0.15) is 24.0 Å². The highest BCUT2D eigenvalue weighted by atomic mass is 35.5. The minimum Gasteiger partial charge on any atom is -0.495 e. The number of non-ortho nitro benzene ring substituents is 1. The van der Waals surface area contributed by atoms with E-state index in [2.05, 4.69) is 5.32 Å². The summed E-state index contributed by atoms with van der Waals surface area (Å²) in [5.74, 6) is -2.98. The lowest BCUT2D eigenvalue weighted by Crippen LogP contribution is -2.54. The summed E-state index contributed by atoms with van der Waals surface area (Å²) in [5.41, 5.74) is 0.286. The number of nitrogens with one attached hydrogen (secondary N) is 1. The number of hydrogen-bond acceptors (Lipinski definition) is 7. The van der Waals surface area contributed by atoms with Crippen molar-refractivity contribution in [3.63, 3.8) is 0 Å². The van der Waals surface area contributed by atoms with E-state index in [-0.39, 0.29) is 29.1 Å². The normalized spacial score (nSPS) is 28.9. The quantitative estimate of drug-likeness (QED) is 0.393. The minimum atomic E-state index is -1.36. The average Bonchev–Trinajstić information content (AvgIpc) is 3.54. The minimum absolute atomic E-state index is 0.0108. The predicted molar refractivity (Wildman–Crippen MR) is 125 cm³/mol. The Bertz CT molecular complexity index is 1360. The number of ether oxygens (including phenoxy) is 1. The third kappa shape index (κ3) is 2.55. The van der Waals surface area contributed by atoms with E-state index in [1.54, 1.807) is 19.1 Å². The van der Waals surface area contributed by atoms with Crippen molar-refractivity contribution >= 4 is 46.4 Å². The van der Waals surface area contributed by atoms with Crippen LogP contribution >= 0.6 is 11.6 Å². The number of rotatable bonds is 3. The van der Waals surface area contributed by atoms with Crippen molar-refractivity contribution in [1.29, 1.82) is 0 Å². The Balaban J connectivity index is 1.56. The van der Waals surface area contributed by atoms with Gasteiger partial charge in [0.15, 0.2) is 0 Å². The van der Waals surface area contributed by atoms with Crippen LogP contribution in [-0.2, 0) is 19.9 Å². The van der Waals surface area contributed by atoms with Gasteiger partial charge in [-0.25, -0.2) is 4.90 Å². The third-order valence-corrected chi connectivity index (χ3v) is 8.39. The van der Waals surface area contributed by atoms with Crippen LogP contribution in [-0.4, -0.2) is 47.2 Å². The molecule has 6 rings (SSSR count). The number of carbonyl (C=O) groups excluding carboxylic acids is 3. The van der Waals surface area contributed by atoms with Crippen LogP contribution in [0.15, 0.2) is 30.3 Å². The number of hydrogen-bond donors (Lipinski definition) is 1. The molecule has 2 aromatic carbocycles. The van der Waals surface area contributed by atoms with Crippen molar-refractivity contribution in [1.82, 2.24) is 4.90 Å². The molecule has 4 heterocycles. The molecule has 2 aromatic rings. The van der Waals surface area contributed by atoms with Gasteiger partial charge in [0, 0.05) is 28.8 Å². The molecule has 3 amide bonds. The molecule has 11 heteroatoms. The number of halogens is 1. The van der Waals surface area contributed by atoms with Crippen LogP contribution in [0.2, 0.25) is 5.02 Å². The summed E-state index contributed by atoms with van der Waals surface area (Å²) < 4.78 is 5.35. The second kappa shape index (κ2) is 7.25. The van der Waals surface area contributed by atoms with Gasteiger partial charge in [-0.1, -0.05) is 17.7 Å². The van der Waals surface area contributed by atoms with Gasteiger partial charge in [-0.3, -0.25) is 29.4 Å². The molecule has 3 saturated heterocycles. The number of nitro groups is 1. The van der Waals surface area contributed by atoms with Gasteiger partial charge in [-0.2, -0.15) is 0 Å². The molecule has 0 aromatic heterocycles. The van der Waals surface area contributed by atoms with E-state index in [1.165, 1.54) is 25.3 Å². The Kier molecular flexibility index (Phi) is 4.56. The maximum Gasteiger partial charge on any atom is 0.271 e. The molecule has 4 atom stereocenters. The number of nitro benzene ring substituents is 1. The summed E-state index contributed by atoms with van der Waals surface area (Å²) in [6.45, 7) is 2.38. The van der Waals surface area contributed by atoms with Gasteiger partial charge in [0.25, 0.3) is 5.69 Å². The second-order valence-electron chi connectivity index (χ2n) is 9.35. The molecule has 0 unspecified atom stereocenters. The molecular weight excluding hydrogens is 476 g/mol. The van der Waals surface area contributed by atoms with E-state index < -0.39 is 34.1 Å². The summed E-state index contributed by atoms with van der Waals surface area (Å²) in [6.07, 6.45) is 1.45. The van der Waals surface area contributed by atoms with Gasteiger partial charge in [0.2, 0.25) is 17.7 Å². The van der Waals surface area contributed by atoms with Crippen molar-refractivity contribution in [2.75, 3.05) is 23.9 Å². The maximum absolute atomic E-state index is 14.1. The molecule has 0 bridgehead atoms. The lowest BCUT2D eigenvalue weighted by Gasteiger charge is -2.36. The number of anilines is 2. The molecule has 1 spiro atoms. The molecule has 180 valence electrons. The number of fused-ring (bicyclic) bond motifs is 7. The van der Waals surface area contributed by atoms with Gasteiger partial charge < -0.3 is 10.1 Å². The molecule has 0 aliphatic carbocycles. The van der Waals surface area contributed by atoms with E-state index in [0.29, 0.717) is 34.8 Å². The first kappa shape index (κ1) is 22.0. The summed E-state index contributed by atoms with van der Waals surface area (Å²) in [7, 11) is 1.36. The summed E-state index contributed by atoms with van der Waals surface area (Å²) >= 11 is 6.32. The number of benzene rings is 2. The summed E-state index contributed by atoms with van der Waals surface area (Å²) in [4.78, 5) is 55.6. The van der Waals surface area contributed by atoms with Crippen molar-refractivity contribution in [2.24, 2.45) is 11.8 Å². The first-order valence-electron chi connectivity index (χ1n) is 11.3. The van der Waals surface area contributed by atoms with Gasteiger partial charge in [0.1, 0.15) is 17.0 Å². The standard InChI is InChI=1S/C24H21ClN4O6/c1-11-14(25)7-6-13-20(11)26-23(32)24(13)19-18(15-4-3-9-27(15)24)21(30)28(22(19)31)16-10-12(29(33)34)5-8-17(16)35-2/h5-8,10,15,18-19H,3-4,9H2,1-2H3,(H,26,32)/t15-,18+,19+,24-/m0/s1. The molecule has 10 nitrogen and oxygen atoms in total. The maximum atomic E-state index is 14.1. The fourth-order valence-electron chi connectivity index (χ4n) is 6.59. The number of methoxy groups -OCH3 is 1. The topological polar surface area (TPSA) is 122 Å². The Hall–Kier alpha value is -3.50. The van der Waals surface area contributed by atoms with Crippen LogP contribution in [0.25, 0.3) is 0 Å². The molecule has 4 aliphatic heterocycles. The predicted octanol–water partition coefficient (Wildman–Crippen LogP) is 3.00. The van der Waals surface area contributed by atoms with E-state index in [4.69, 9.17) is 16.3 Å². The first-order chi connectivity index (χ1) is 16.7. The van der Waals surface area contributed by atoms with E-state index >= 15 is 0 Å². The number of imide groups is 1. The van der Waals surface area contributed by atoms with Crippen LogP contribution in [0.5, 0.6) is 5.75 Å². The number of amides is 3. The highest BCUT2D eigenvalue weighted by Crippen LogP contribution is 2.61. The molecule has 1 N–H and O–H groups in total. The summed E-state index contributed by atoms with van der Waals surface area (Å²) in [6, 6.07) is 6.94. The monoisotopic (exact) mass is 496 g/mol. The molecule has 35 heavy (non-hydrogen) atoms. The molecule has 4 aliphatic rings. The molecular formula is C24H21ClN4O6. The fourth-order valence-corrected chi connectivity index (χ4v) is 6.75. The zero-order chi connectivity index (χ0) is 24.8. The smallest absolute Gasteiger partial charge is 0.271 e. The molecule has 0 radical (unpaired) electrons. The molecule has 3 fully saturated rings. The Morgan fingerprint density at radius 2 is 1.97 bits per heavy atom. The fraction of sp³-hybridized carbons (Fsp3) is 0.375. The van der Waals surface area contributed by atoms with Gasteiger partial charge in [-0.05, 0) is 44.0 Å².